The molecule has 4 N–H and O–H groups in total. The van der Waals surface area contributed by atoms with Gasteiger partial charge in [-0.25, -0.2) is 39.1 Å². The summed E-state index contributed by atoms with van der Waals surface area (Å²) in [5, 5.41) is 36.9. The van der Waals surface area contributed by atoms with Crippen molar-refractivity contribution in [1.29, 1.82) is 0 Å². The molecule has 0 amide bonds. The van der Waals surface area contributed by atoms with Crippen LogP contribution in [0.4, 0.5) is 0 Å². The van der Waals surface area contributed by atoms with Crippen molar-refractivity contribution < 1.29 is 58.3 Å². The topological polar surface area (TPSA) is 402 Å². The molecular formula is C96H104N16O20. The van der Waals surface area contributed by atoms with Crippen LogP contribution in [0.5, 0.6) is 69.0 Å². The molecule has 36 heteroatoms. The summed E-state index contributed by atoms with van der Waals surface area (Å²) in [7, 11) is 32.1. The molecule has 8 aromatic heterocycles. The van der Waals surface area contributed by atoms with Gasteiger partial charge in [0.15, 0.2) is 44.7 Å². The number of nitrogens with zero attached hydrogens (tertiary/aromatic N) is 16. The quantitative estimate of drug-likeness (QED) is 0.0653. The summed E-state index contributed by atoms with van der Waals surface area (Å²) in [4.78, 5) is 109. The number of fused-ring (bicyclic) bond motifs is 4. The summed E-state index contributed by atoms with van der Waals surface area (Å²) < 4.78 is 57.9. The molecule has 0 aliphatic heterocycles. The first-order chi connectivity index (χ1) is 63.0. The lowest BCUT2D eigenvalue weighted by Gasteiger charge is -2.05. The first-order valence-electron chi connectivity index (χ1n) is 40.1. The lowest BCUT2D eigenvalue weighted by atomic mass is 10.1. The summed E-state index contributed by atoms with van der Waals surface area (Å²) in [6.07, 6.45) is 21.8. The molecule has 688 valence electrons. The molecular weight excluding hydrogens is 1700 g/mol. The van der Waals surface area contributed by atoms with Crippen LogP contribution < -0.4 is 82.9 Å². The molecule has 0 radical (unpaired) electrons. The lowest BCUT2D eigenvalue weighted by Crippen LogP contribution is -2.37. The second-order valence-corrected chi connectivity index (χ2v) is 29.2. The molecule has 16 aromatic rings. The van der Waals surface area contributed by atoms with Gasteiger partial charge in [0.1, 0.15) is 69.0 Å². The lowest BCUT2D eigenvalue weighted by molar-refractivity contribution is 0.394. The van der Waals surface area contributed by atoms with Crippen molar-refractivity contribution in [1.82, 2.24) is 74.7 Å². The van der Waals surface area contributed by atoms with Crippen molar-refractivity contribution in [2.75, 3.05) is 56.9 Å². The van der Waals surface area contributed by atoms with Crippen LogP contribution in [0.3, 0.4) is 0 Å². The van der Waals surface area contributed by atoms with Crippen LogP contribution in [-0.2, 0) is 84.6 Å². The number of aryl methyl sites for hydroxylation is 8. The van der Waals surface area contributed by atoms with Crippen LogP contribution in [-0.4, -0.2) is 152 Å². The van der Waals surface area contributed by atoms with Crippen LogP contribution in [0.15, 0.2) is 234 Å². The molecule has 16 rings (SSSR count). The summed E-state index contributed by atoms with van der Waals surface area (Å²) in [5.74, 6) is 7.09. The van der Waals surface area contributed by atoms with Crippen molar-refractivity contribution in [3.63, 3.8) is 0 Å². The van der Waals surface area contributed by atoms with Gasteiger partial charge < -0.3 is 76.6 Å². The molecule has 0 saturated heterocycles. The number of phenols is 4. The average Bonchev–Trinajstić information content (AvgIpc) is 1.62. The smallest absolute Gasteiger partial charge is 0.332 e. The van der Waals surface area contributed by atoms with E-state index in [0.29, 0.717) is 44.7 Å². The molecule has 132 heavy (non-hydrogen) atoms. The zero-order valence-corrected chi connectivity index (χ0v) is 76.6. The highest BCUT2D eigenvalue weighted by Gasteiger charge is 2.17. The number of imidazole rings is 4. The second-order valence-electron chi connectivity index (χ2n) is 29.2. The van der Waals surface area contributed by atoms with Gasteiger partial charge in [-0.2, -0.15) is 0 Å². The molecule has 36 nitrogen and oxygen atoms in total. The summed E-state index contributed by atoms with van der Waals surface area (Å²) in [6, 6.07) is 50.8. The Labute approximate surface area is 756 Å². The van der Waals surface area contributed by atoms with E-state index >= 15 is 0 Å². The fourth-order valence-electron chi connectivity index (χ4n) is 12.7. The van der Waals surface area contributed by atoms with Crippen LogP contribution in [0.1, 0.15) is 44.5 Å². The van der Waals surface area contributed by atoms with Crippen molar-refractivity contribution >= 4 is 93.3 Å². The third-order valence-corrected chi connectivity index (χ3v) is 20.2. The van der Waals surface area contributed by atoms with Crippen LogP contribution >= 0.6 is 0 Å². The van der Waals surface area contributed by atoms with Crippen LogP contribution in [0.25, 0.3) is 93.3 Å². The molecule has 0 unspecified atom stereocenters. The predicted molar refractivity (Wildman–Crippen MR) is 511 cm³/mol. The Morgan fingerprint density at radius 3 is 0.500 bits per heavy atom. The van der Waals surface area contributed by atoms with E-state index in [4.69, 9.17) is 37.9 Å². The van der Waals surface area contributed by atoms with Gasteiger partial charge in [0.25, 0.3) is 22.2 Å². The van der Waals surface area contributed by atoms with Gasteiger partial charge in [0.05, 0.1) is 82.2 Å². The van der Waals surface area contributed by atoms with Gasteiger partial charge in [-0.05, 0) is 142 Å². The normalized spacial score (nSPS) is 10.8. The molecule has 0 aliphatic carbocycles. The van der Waals surface area contributed by atoms with Gasteiger partial charge in [-0.1, -0.05) is 97.1 Å². The maximum atomic E-state index is 11.7. The van der Waals surface area contributed by atoms with E-state index in [1.807, 2.05) is 170 Å². The molecule has 0 fully saturated rings. The molecule has 0 saturated carbocycles. The Morgan fingerprint density at radius 2 is 0.356 bits per heavy atom. The minimum absolute atomic E-state index is 0.264. The Bertz CT molecular complexity index is 6440. The maximum absolute atomic E-state index is 11.7. The Kier molecular flexibility index (Phi) is 33.9. The van der Waals surface area contributed by atoms with E-state index in [9.17, 15) is 58.8 Å². The zero-order chi connectivity index (χ0) is 96.5. The van der Waals surface area contributed by atoms with E-state index in [1.165, 1.54) is 71.8 Å². The number of rotatable bonds is 16. The Hall–Kier alpha value is -17.1. The van der Waals surface area contributed by atoms with E-state index in [2.05, 4.69) is 19.9 Å². The predicted octanol–water partition coefficient (Wildman–Crippen LogP) is 10.2. The second kappa shape index (κ2) is 45.4. The SMILES string of the molecule is COc1cc(/C=C/c2ccc(O)cc2)cc(OC)c1.COc1cc(/C=C/c2ccc(O)cc2)cc(OC)c1.COc1cc(/C=C/c2ccc(O)cc2)cc(OC)c1.COc1cc(/C=C/c2ccc(O)cc2)cc(OC)c1.Cn1c(=O)c2c(ncn2C)n(C)c1=O.Cn1c(=O)c2c(ncn2C)n(C)c1=O.Cn1c(=O)c2c(ncn2C)n(C)c1=O.Cn1c(=O)c2c(ncn2C)n(C)c1=O. The fourth-order valence-corrected chi connectivity index (χ4v) is 12.7. The number of benzene rings is 8. The largest absolute Gasteiger partial charge is 0.508 e. The number of aromatic hydroxyl groups is 4. The molecule has 0 aliphatic rings. The number of hydrogen-bond donors (Lipinski definition) is 4. The number of aromatic nitrogens is 16. The van der Waals surface area contributed by atoms with Crippen molar-refractivity contribution in [2.45, 2.75) is 0 Å². The number of hydrogen-bond acceptors (Lipinski definition) is 24. The number of phenolic OH excluding ortho intramolecular Hbond substituents is 4. The van der Waals surface area contributed by atoms with Crippen molar-refractivity contribution in [2.24, 2.45) is 84.6 Å². The minimum atomic E-state index is -0.360. The van der Waals surface area contributed by atoms with Crippen LogP contribution in [0.2, 0.25) is 0 Å². The van der Waals surface area contributed by atoms with Gasteiger partial charge in [-0.15, -0.1) is 0 Å². The zero-order valence-electron chi connectivity index (χ0n) is 76.6. The number of methoxy groups -OCH3 is 8. The fraction of sp³-hybridized carbons (Fsp3) is 0.208. The third-order valence-electron chi connectivity index (χ3n) is 20.2. The molecule has 0 atom stereocenters. The van der Waals surface area contributed by atoms with Crippen molar-refractivity contribution in [3.05, 3.63) is 323 Å². The Balaban J connectivity index is 0.000000170. The minimum Gasteiger partial charge on any atom is -0.508 e. The highest BCUT2D eigenvalue weighted by Crippen LogP contribution is 2.29. The molecule has 8 aromatic carbocycles. The molecule has 0 bridgehead atoms. The van der Waals surface area contributed by atoms with Gasteiger partial charge in [-0.3, -0.25) is 55.7 Å². The van der Waals surface area contributed by atoms with E-state index in [0.717, 1.165) is 109 Å². The number of ether oxygens (including phenoxy) is 8. The summed E-state index contributed by atoms with van der Waals surface area (Å²) in [6.45, 7) is 0. The van der Waals surface area contributed by atoms with Gasteiger partial charge in [0.2, 0.25) is 0 Å². The average molecular weight is 1800 g/mol. The molecule has 0 spiro atoms. The Morgan fingerprint density at radius 1 is 0.212 bits per heavy atom. The first-order valence-corrected chi connectivity index (χ1v) is 40.1. The highest BCUT2D eigenvalue weighted by molar-refractivity contribution is 5.76. The van der Waals surface area contributed by atoms with E-state index in [-0.39, 0.29) is 68.0 Å². The van der Waals surface area contributed by atoms with E-state index in [1.54, 1.807) is 180 Å². The van der Waals surface area contributed by atoms with Gasteiger partial charge in [0, 0.05) is 109 Å². The van der Waals surface area contributed by atoms with E-state index < -0.39 is 0 Å². The standard InChI is InChI=1S/4C16H16O3.4C8H10N4O2/c4*1-18-15-9-13(10-16(11-15)19-2)4-3-12-5-7-14(17)8-6-12;4*1-10-4-9-6-5(10)7(13)12(3)8(14)11(6)2/h4*3-11,17H,1-2H3;4*4H,1-3H3/b4*4-3+;;;;. The summed E-state index contributed by atoms with van der Waals surface area (Å²) >= 11 is 0. The van der Waals surface area contributed by atoms with Crippen molar-refractivity contribution in [3.8, 4) is 69.0 Å². The third kappa shape index (κ3) is 24.8. The maximum Gasteiger partial charge on any atom is 0.332 e. The van der Waals surface area contributed by atoms with Crippen LogP contribution in [0, 0.1) is 0 Å². The molecule has 8 heterocycles. The summed E-state index contributed by atoms with van der Waals surface area (Å²) in [5.41, 5.74) is 8.73. The van der Waals surface area contributed by atoms with Gasteiger partial charge >= 0.3 is 22.8 Å². The monoisotopic (exact) mass is 1800 g/mol. The highest BCUT2D eigenvalue weighted by atomic mass is 16.5. The first kappa shape index (κ1) is 98.7.